The molecular weight excluding hydrogens is 452 g/mol. The van der Waals surface area contributed by atoms with Crippen molar-refractivity contribution in [3.05, 3.63) is 64.2 Å². The Kier molecular flexibility index (Phi) is 6.95. The van der Waals surface area contributed by atoms with Crippen LogP contribution in [0.5, 0.6) is 0 Å². The fourth-order valence-electron chi connectivity index (χ4n) is 4.38. The molecule has 4 rings (SSSR count). The number of carbonyl (C=O) groups is 3. The number of hydrogen-bond acceptors (Lipinski definition) is 6. The Morgan fingerprint density at radius 3 is 2.44 bits per heavy atom. The maximum Gasteiger partial charge on any atom is 0.304 e. The second kappa shape index (κ2) is 9.90. The van der Waals surface area contributed by atoms with Crippen molar-refractivity contribution >= 4 is 39.3 Å². The van der Waals surface area contributed by atoms with Crippen LogP contribution in [-0.2, 0) is 29.0 Å². The van der Waals surface area contributed by atoms with Crippen LogP contribution in [0.4, 0.5) is 0 Å². The number of carboxylic acid groups (broad SMARTS) is 1. The molecule has 0 fully saturated rings. The van der Waals surface area contributed by atoms with E-state index in [0.29, 0.717) is 35.5 Å². The van der Waals surface area contributed by atoms with Crippen molar-refractivity contribution in [3.63, 3.8) is 0 Å². The second-order valence-electron chi connectivity index (χ2n) is 9.01. The van der Waals surface area contributed by atoms with Gasteiger partial charge in [0.2, 0.25) is 5.91 Å². The van der Waals surface area contributed by atoms with Gasteiger partial charge in [0.1, 0.15) is 5.01 Å². The van der Waals surface area contributed by atoms with Crippen LogP contribution < -0.4 is 10.6 Å². The molecule has 178 valence electrons. The molecule has 2 amide bonds. The normalized spacial score (nSPS) is 14.2. The third kappa shape index (κ3) is 5.26. The lowest BCUT2D eigenvalue weighted by Crippen LogP contribution is -2.43. The summed E-state index contributed by atoms with van der Waals surface area (Å²) in [6, 6.07) is 13.1. The van der Waals surface area contributed by atoms with E-state index in [0.717, 1.165) is 22.4 Å². The smallest absolute Gasteiger partial charge is 0.304 e. The zero-order valence-corrected chi connectivity index (χ0v) is 20.1. The maximum absolute atomic E-state index is 13.2. The van der Waals surface area contributed by atoms with Gasteiger partial charge in [-0.3, -0.25) is 14.4 Å². The van der Waals surface area contributed by atoms with Crippen LogP contribution in [0.15, 0.2) is 42.5 Å². The van der Waals surface area contributed by atoms with Gasteiger partial charge in [-0.25, -0.2) is 4.98 Å². The summed E-state index contributed by atoms with van der Waals surface area (Å²) in [5.74, 6) is -1.41. The topological polar surface area (TPSA) is 112 Å². The number of carboxylic acids is 1. The lowest BCUT2D eigenvalue weighted by Gasteiger charge is -2.25. The molecule has 3 aromatic rings. The van der Waals surface area contributed by atoms with Crippen molar-refractivity contribution in [1.29, 1.82) is 0 Å². The Bertz CT molecular complexity index is 1210. The first-order chi connectivity index (χ1) is 16.3. The molecule has 1 aliphatic carbocycles. The third-order valence-corrected chi connectivity index (χ3v) is 7.12. The Morgan fingerprint density at radius 1 is 1.09 bits per heavy atom. The summed E-state index contributed by atoms with van der Waals surface area (Å²) in [4.78, 5) is 43.7. The Morgan fingerprint density at radius 2 is 1.79 bits per heavy atom. The Balaban J connectivity index is 1.43. The van der Waals surface area contributed by atoms with Gasteiger partial charge in [-0.05, 0) is 56.3 Å². The van der Waals surface area contributed by atoms with E-state index in [4.69, 9.17) is 0 Å². The molecule has 1 heterocycles. The number of thiazole rings is 1. The van der Waals surface area contributed by atoms with E-state index >= 15 is 0 Å². The van der Waals surface area contributed by atoms with Gasteiger partial charge in [0, 0.05) is 18.7 Å². The number of hydrogen-bond donors (Lipinski definition) is 3. The summed E-state index contributed by atoms with van der Waals surface area (Å²) < 4.78 is 0.919. The number of aliphatic carboxylic acids is 1. The zero-order chi connectivity index (χ0) is 24.3. The number of aromatic nitrogens is 1. The summed E-state index contributed by atoms with van der Waals surface area (Å²) in [5, 5.41) is 16.0. The molecule has 3 N–H and O–H groups in total. The lowest BCUT2D eigenvalue weighted by atomic mass is 9.80. The minimum atomic E-state index is -0.996. The molecule has 0 saturated carbocycles. The van der Waals surface area contributed by atoms with E-state index in [2.05, 4.69) is 15.6 Å². The number of fused-ring (bicyclic) bond motifs is 2. The van der Waals surface area contributed by atoms with Crippen LogP contribution in [-0.4, -0.2) is 60.0 Å². The summed E-state index contributed by atoms with van der Waals surface area (Å²) in [5.41, 5.74) is 2.29. The molecule has 9 heteroatoms. The summed E-state index contributed by atoms with van der Waals surface area (Å²) in [6.45, 7) is 1.52. The molecule has 0 saturated heterocycles. The standard InChI is InChI=1S/C25H28N4O4S/c1-29(2)10-9-26-23(32)16-7-8-20-19(11-16)28-21(34-20)15-27-24(33)25(14-22(30)31)12-17-5-3-4-6-18(17)13-25/h3-8,11H,9-10,12-15H2,1-2H3,(H,26,32)(H,27,33)(H,30,31). The predicted molar refractivity (Wildman–Crippen MR) is 131 cm³/mol. The van der Waals surface area contributed by atoms with Crippen LogP contribution >= 0.6 is 11.3 Å². The molecule has 34 heavy (non-hydrogen) atoms. The number of nitrogens with zero attached hydrogens (tertiary/aromatic N) is 2. The molecular formula is C25H28N4O4S. The van der Waals surface area contributed by atoms with E-state index in [1.165, 1.54) is 11.3 Å². The lowest BCUT2D eigenvalue weighted by molar-refractivity contribution is -0.145. The first-order valence-corrected chi connectivity index (χ1v) is 12.0. The van der Waals surface area contributed by atoms with Crippen LogP contribution in [0.2, 0.25) is 0 Å². The minimum Gasteiger partial charge on any atom is -0.481 e. The van der Waals surface area contributed by atoms with Gasteiger partial charge in [-0.2, -0.15) is 0 Å². The number of likely N-dealkylation sites (N-methyl/N-ethyl adjacent to an activating group) is 1. The highest BCUT2D eigenvalue weighted by Gasteiger charge is 2.45. The molecule has 8 nitrogen and oxygen atoms in total. The SMILES string of the molecule is CN(C)CCNC(=O)c1ccc2sc(CNC(=O)C3(CC(=O)O)Cc4ccccc4C3)nc2c1. The first kappa shape index (κ1) is 23.8. The van der Waals surface area contributed by atoms with Gasteiger partial charge >= 0.3 is 5.97 Å². The number of carbonyl (C=O) groups excluding carboxylic acids is 2. The molecule has 0 radical (unpaired) electrons. The van der Waals surface area contributed by atoms with Crippen molar-refractivity contribution in [2.75, 3.05) is 27.2 Å². The van der Waals surface area contributed by atoms with E-state index in [1.807, 2.05) is 49.3 Å². The molecule has 0 atom stereocenters. The maximum atomic E-state index is 13.2. The second-order valence-corrected chi connectivity index (χ2v) is 10.1. The quantitative estimate of drug-likeness (QED) is 0.434. The molecule has 0 unspecified atom stereocenters. The van der Waals surface area contributed by atoms with E-state index < -0.39 is 11.4 Å². The highest BCUT2D eigenvalue weighted by Crippen LogP contribution is 2.40. The van der Waals surface area contributed by atoms with Crippen LogP contribution in [0, 0.1) is 5.41 Å². The van der Waals surface area contributed by atoms with Gasteiger partial charge in [0.05, 0.1) is 28.6 Å². The molecule has 1 aliphatic rings. The van der Waals surface area contributed by atoms with Crippen LogP contribution in [0.25, 0.3) is 10.2 Å². The number of nitrogens with one attached hydrogen (secondary N) is 2. The van der Waals surface area contributed by atoms with E-state index in [9.17, 15) is 19.5 Å². The monoisotopic (exact) mass is 480 g/mol. The van der Waals surface area contributed by atoms with Crippen molar-refractivity contribution < 1.29 is 19.5 Å². The van der Waals surface area contributed by atoms with E-state index in [-0.39, 0.29) is 24.8 Å². The molecule has 0 bridgehead atoms. The van der Waals surface area contributed by atoms with Crippen molar-refractivity contribution in [3.8, 4) is 0 Å². The fraction of sp³-hybridized carbons (Fsp3) is 0.360. The number of amides is 2. The summed E-state index contributed by atoms with van der Waals surface area (Å²) in [6.07, 6.45) is 0.598. The van der Waals surface area contributed by atoms with Crippen molar-refractivity contribution in [2.45, 2.75) is 25.8 Å². The predicted octanol–water partition coefficient (Wildman–Crippen LogP) is 2.46. The minimum absolute atomic E-state index is 0.150. The zero-order valence-electron chi connectivity index (χ0n) is 19.3. The van der Waals surface area contributed by atoms with Gasteiger partial charge in [0.25, 0.3) is 5.91 Å². The van der Waals surface area contributed by atoms with Crippen molar-refractivity contribution in [2.24, 2.45) is 5.41 Å². The molecule has 0 spiro atoms. The number of rotatable bonds is 9. The summed E-state index contributed by atoms with van der Waals surface area (Å²) >= 11 is 1.44. The van der Waals surface area contributed by atoms with E-state index in [1.54, 1.807) is 12.1 Å². The van der Waals surface area contributed by atoms with Gasteiger partial charge in [-0.15, -0.1) is 11.3 Å². The van der Waals surface area contributed by atoms with Crippen molar-refractivity contribution in [1.82, 2.24) is 20.5 Å². The van der Waals surface area contributed by atoms with Crippen LogP contribution in [0.3, 0.4) is 0 Å². The third-order valence-electron chi connectivity index (χ3n) is 6.09. The molecule has 2 aromatic carbocycles. The fourth-order valence-corrected chi connectivity index (χ4v) is 5.27. The Labute approximate surface area is 202 Å². The average molecular weight is 481 g/mol. The van der Waals surface area contributed by atoms with Crippen LogP contribution in [0.1, 0.15) is 32.9 Å². The molecule has 1 aromatic heterocycles. The highest BCUT2D eigenvalue weighted by atomic mass is 32.1. The average Bonchev–Trinajstić information content (AvgIpc) is 3.37. The van der Waals surface area contributed by atoms with Gasteiger partial charge in [-0.1, -0.05) is 24.3 Å². The summed E-state index contributed by atoms with van der Waals surface area (Å²) in [7, 11) is 3.89. The first-order valence-electron chi connectivity index (χ1n) is 11.1. The number of benzene rings is 2. The highest BCUT2D eigenvalue weighted by molar-refractivity contribution is 7.18. The van der Waals surface area contributed by atoms with Gasteiger partial charge in [0.15, 0.2) is 0 Å². The van der Waals surface area contributed by atoms with Gasteiger partial charge < -0.3 is 20.6 Å². The molecule has 0 aliphatic heterocycles. The largest absolute Gasteiger partial charge is 0.481 e. The Hall–Kier alpha value is -3.30.